The number of sulfonamides is 1. The zero-order valence-electron chi connectivity index (χ0n) is 9.95. The van der Waals surface area contributed by atoms with Crippen LogP contribution in [-0.2, 0) is 10.0 Å². The summed E-state index contributed by atoms with van der Waals surface area (Å²) in [5.41, 5.74) is 5.76. The fraction of sp³-hybridized carbons (Fsp3) is 0.0909. The molecule has 0 spiro atoms. The SMILES string of the molecule is Cc1ccc(S(=O)(=O)Nc2nc(C(N)=O)co2)cc1. The number of carbonyl (C=O) groups is 1. The number of aryl methyl sites for hydroxylation is 1. The number of nitrogens with one attached hydrogen (secondary N) is 1. The Bertz CT molecular complexity index is 704. The molecular formula is C11H11N3O4S. The molecule has 0 unspecified atom stereocenters. The van der Waals surface area contributed by atoms with Crippen LogP contribution in [0.15, 0.2) is 39.8 Å². The third kappa shape index (κ3) is 2.91. The van der Waals surface area contributed by atoms with E-state index < -0.39 is 15.9 Å². The Hall–Kier alpha value is -2.35. The van der Waals surface area contributed by atoms with E-state index in [0.717, 1.165) is 11.8 Å². The maximum Gasteiger partial charge on any atom is 0.309 e. The highest BCUT2D eigenvalue weighted by Gasteiger charge is 2.18. The molecule has 0 saturated heterocycles. The summed E-state index contributed by atoms with van der Waals surface area (Å²) in [5, 5.41) is 0. The van der Waals surface area contributed by atoms with Gasteiger partial charge in [0.15, 0.2) is 5.69 Å². The van der Waals surface area contributed by atoms with Crippen molar-refractivity contribution in [1.29, 1.82) is 0 Å². The van der Waals surface area contributed by atoms with E-state index in [4.69, 9.17) is 10.2 Å². The van der Waals surface area contributed by atoms with Crippen LogP contribution >= 0.6 is 0 Å². The zero-order chi connectivity index (χ0) is 14.0. The molecule has 0 aliphatic rings. The van der Waals surface area contributed by atoms with Crippen molar-refractivity contribution in [1.82, 2.24) is 4.98 Å². The first-order chi connectivity index (χ1) is 8.88. The van der Waals surface area contributed by atoms with E-state index >= 15 is 0 Å². The summed E-state index contributed by atoms with van der Waals surface area (Å²) in [6.07, 6.45) is 0.981. The van der Waals surface area contributed by atoms with Crippen molar-refractivity contribution in [2.75, 3.05) is 4.72 Å². The molecule has 1 heterocycles. The number of hydrogen-bond acceptors (Lipinski definition) is 5. The van der Waals surface area contributed by atoms with Gasteiger partial charge < -0.3 is 10.2 Å². The second-order valence-corrected chi connectivity index (χ2v) is 5.50. The van der Waals surface area contributed by atoms with Gasteiger partial charge in [0.1, 0.15) is 6.26 Å². The first-order valence-corrected chi connectivity index (χ1v) is 6.71. The number of amides is 1. The Morgan fingerprint density at radius 2 is 1.95 bits per heavy atom. The number of primary amides is 1. The molecule has 7 nitrogen and oxygen atoms in total. The van der Waals surface area contributed by atoms with Gasteiger partial charge in [-0.2, -0.15) is 4.98 Å². The summed E-state index contributed by atoms with van der Waals surface area (Å²) >= 11 is 0. The van der Waals surface area contributed by atoms with E-state index in [1.165, 1.54) is 12.1 Å². The number of anilines is 1. The van der Waals surface area contributed by atoms with Crippen LogP contribution in [0, 0.1) is 6.92 Å². The lowest BCUT2D eigenvalue weighted by Crippen LogP contribution is -2.14. The molecule has 0 atom stereocenters. The third-order valence-corrected chi connectivity index (χ3v) is 3.65. The van der Waals surface area contributed by atoms with Crippen LogP contribution in [0.4, 0.5) is 6.01 Å². The number of carbonyl (C=O) groups excluding carboxylic acids is 1. The number of oxazole rings is 1. The average Bonchev–Trinajstić information content (AvgIpc) is 2.77. The van der Waals surface area contributed by atoms with Gasteiger partial charge in [-0.25, -0.2) is 13.1 Å². The third-order valence-electron chi connectivity index (χ3n) is 2.31. The maximum atomic E-state index is 12.0. The molecule has 0 saturated carbocycles. The molecule has 1 aromatic carbocycles. The van der Waals surface area contributed by atoms with Crippen molar-refractivity contribution in [2.45, 2.75) is 11.8 Å². The van der Waals surface area contributed by atoms with Crippen molar-refractivity contribution in [3.63, 3.8) is 0 Å². The van der Waals surface area contributed by atoms with Crippen molar-refractivity contribution >= 4 is 21.9 Å². The number of benzene rings is 1. The van der Waals surface area contributed by atoms with Crippen LogP contribution in [0.5, 0.6) is 0 Å². The molecule has 0 fully saturated rings. The molecule has 0 bridgehead atoms. The van der Waals surface area contributed by atoms with E-state index in [1.54, 1.807) is 12.1 Å². The molecule has 19 heavy (non-hydrogen) atoms. The fourth-order valence-electron chi connectivity index (χ4n) is 1.33. The first-order valence-electron chi connectivity index (χ1n) is 5.23. The molecule has 3 N–H and O–H groups in total. The monoisotopic (exact) mass is 281 g/mol. The van der Waals surface area contributed by atoms with Crippen molar-refractivity contribution in [3.05, 3.63) is 41.8 Å². The minimum absolute atomic E-state index is 0.0666. The Labute approximate surface area is 109 Å². The van der Waals surface area contributed by atoms with E-state index in [9.17, 15) is 13.2 Å². The van der Waals surface area contributed by atoms with E-state index in [1.807, 2.05) is 6.92 Å². The molecular weight excluding hydrogens is 270 g/mol. The molecule has 0 aliphatic heterocycles. The van der Waals surface area contributed by atoms with Crippen LogP contribution in [0.1, 0.15) is 16.1 Å². The summed E-state index contributed by atoms with van der Waals surface area (Å²) in [5.74, 6) is -0.801. The van der Waals surface area contributed by atoms with Gasteiger partial charge in [-0.3, -0.25) is 4.79 Å². The molecule has 0 aliphatic carbocycles. The highest BCUT2D eigenvalue weighted by Crippen LogP contribution is 2.16. The van der Waals surface area contributed by atoms with Crippen LogP contribution < -0.4 is 10.5 Å². The van der Waals surface area contributed by atoms with Crippen LogP contribution in [-0.4, -0.2) is 19.3 Å². The largest absolute Gasteiger partial charge is 0.431 e. The summed E-state index contributed by atoms with van der Waals surface area (Å²) < 4.78 is 30.9. The van der Waals surface area contributed by atoms with Gasteiger partial charge in [0.05, 0.1) is 4.90 Å². The number of rotatable bonds is 4. The molecule has 100 valence electrons. The maximum absolute atomic E-state index is 12.0. The second-order valence-electron chi connectivity index (χ2n) is 3.82. The van der Waals surface area contributed by atoms with Crippen molar-refractivity contribution in [2.24, 2.45) is 5.73 Å². The number of nitrogens with zero attached hydrogens (tertiary/aromatic N) is 1. The first kappa shape index (κ1) is 13.1. The number of nitrogens with two attached hydrogens (primary N) is 1. The molecule has 1 amide bonds. The van der Waals surface area contributed by atoms with Gasteiger partial charge in [0.2, 0.25) is 0 Å². The number of aromatic nitrogens is 1. The minimum Gasteiger partial charge on any atom is -0.431 e. The lowest BCUT2D eigenvalue weighted by Gasteiger charge is -2.04. The molecule has 0 radical (unpaired) electrons. The Kier molecular flexibility index (Phi) is 3.26. The van der Waals surface area contributed by atoms with Crippen molar-refractivity contribution < 1.29 is 17.6 Å². The van der Waals surface area contributed by atoms with Gasteiger partial charge >= 0.3 is 6.01 Å². The second kappa shape index (κ2) is 4.73. The van der Waals surface area contributed by atoms with Gasteiger partial charge in [-0.15, -0.1) is 0 Å². The van der Waals surface area contributed by atoms with E-state index in [2.05, 4.69) is 9.71 Å². The van der Waals surface area contributed by atoms with E-state index in [0.29, 0.717) is 0 Å². The minimum atomic E-state index is -3.80. The Morgan fingerprint density at radius 1 is 1.32 bits per heavy atom. The standard InChI is InChI=1S/C11H11N3O4S/c1-7-2-4-8(5-3-7)19(16,17)14-11-13-9(6-18-11)10(12)15/h2-6H,1H3,(H2,12,15)(H,13,14). The summed E-state index contributed by atoms with van der Waals surface area (Å²) in [4.78, 5) is 14.5. The van der Waals surface area contributed by atoms with Crippen molar-refractivity contribution in [3.8, 4) is 0 Å². The lowest BCUT2D eigenvalue weighted by molar-refractivity contribution is 0.0995. The topological polar surface area (TPSA) is 115 Å². The lowest BCUT2D eigenvalue weighted by atomic mass is 10.2. The average molecular weight is 281 g/mol. The van der Waals surface area contributed by atoms with Gasteiger partial charge in [0, 0.05) is 0 Å². The summed E-state index contributed by atoms with van der Waals surface area (Å²) in [6, 6.07) is 5.93. The molecule has 2 rings (SSSR count). The predicted octanol–water partition coefficient (Wildman–Crippen LogP) is 0.883. The van der Waals surface area contributed by atoms with E-state index in [-0.39, 0.29) is 16.6 Å². The Morgan fingerprint density at radius 3 is 2.47 bits per heavy atom. The normalized spacial score (nSPS) is 11.2. The van der Waals surface area contributed by atoms with Crippen LogP contribution in [0.25, 0.3) is 0 Å². The molecule has 8 heteroatoms. The zero-order valence-corrected chi connectivity index (χ0v) is 10.8. The Balaban J connectivity index is 2.25. The fourth-order valence-corrected chi connectivity index (χ4v) is 2.26. The molecule has 1 aromatic heterocycles. The van der Waals surface area contributed by atoms with Gasteiger partial charge in [-0.1, -0.05) is 17.7 Å². The summed E-state index contributed by atoms with van der Waals surface area (Å²) in [6.45, 7) is 1.84. The highest BCUT2D eigenvalue weighted by molar-refractivity contribution is 7.92. The van der Waals surface area contributed by atoms with Crippen LogP contribution in [0.2, 0.25) is 0 Å². The summed E-state index contributed by atoms with van der Waals surface area (Å²) in [7, 11) is -3.80. The molecule has 2 aromatic rings. The quantitative estimate of drug-likeness (QED) is 0.863. The van der Waals surface area contributed by atoms with Gasteiger partial charge in [-0.05, 0) is 19.1 Å². The van der Waals surface area contributed by atoms with Crippen LogP contribution in [0.3, 0.4) is 0 Å². The predicted molar refractivity (Wildman–Crippen MR) is 67.0 cm³/mol. The highest BCUT2D eigenvalue weighted by atomic mass is 32.2. The number of hydrogen-bond donors (Lipinski definition) is 2. The smallest absolute Gasteiger partial charge is 0.309 e. The van der Waals surface area contributed by atoms with Gasteiger partial charge in [0.25, 0.3) is 15.9 Å².